The van der Waals surface area contributed by atoms with E-state index in [1.807, 2.05) is 30.3 Å². The Hall–Kier alpha value is -4.33. The number of anilines is 1. The number of piperidine rings is 1. The molecule has 2 heterocycles. The van der Waals surface area contributed by atoms with Gasteiger partial charge in [-0.2, -0.15) is 13.2 Å². The molecule has 2 aromatic carbocycles. The molecule has 1 unspecified atom stereocenters. The van der Waals surface area contributed by atoms with Crippen molar-refractivity contribution in [3.05, 3.63) is 65.7 Å². The van der Waals surface area contributed by atoms with Crippen LogP contribution in [0.5, 0.6) is 0 Å². The van der Waals surface area contributed by atoms with E-state index in [9.17, 15) is 27.6 Å². The Bertz CT molecular complexity index is 1330. The van der Waals surface area contributed by atoms with Crippen molar-refractivity contribution in [2.75, 3.05) is 11.7 Å². The van der Waals surface area contributed by atoms with Gasteiger partial charge >= 0.3 is 18.2 Å². The highest BCUT2D eigenvalue weighted by molar-refractivity contribution is 5.91. The molecular weight excluding hydrogens is 571 g/mol. The van der Waals surface area contributed by atoms with Crippen LogP contribution < -0.4 is 15.8 Å². The summed E-state index contributed by atoms with van der Waals surface area (Å²) in [6.07, 6.45) is -4.35. The molecule has 0 aliphatic carbocycles. The van der Waals surface area contributed by atoms with E-state index < -0.39 is 47.7 Å². The number of nitrogens with one attached hydrogen (secondary N) is 2. The quantitative estimate of drug-likeness (QED) is 0.444. The highest BCUT2D eigenvalue weighted by Crippen LogP contribution is 2.33. The molecule has 3 atom stereocenters. The van der Waals surface area contributed by atoms with Gasteiger partial charge in [0.05, 0.1) is 5.69 Å². The summed E-state index contributed by atoms with van der Waals surface area (Å²) in [6, 6.07) is 14.0. The lowest BCUT2D eigenvalue weighted by Crippen LogP contribution is -2.57. The van der Waals surface area contributed by atoms with Gasteiger partial charge < -0.3 is 15.4 Å². The highest BCUT2D eigenvalue weighted by atomic mass is 19.4. The lowest BCUT2D eigenvalue weighted by atomic mass is 9.85. The molecule has 0 radical (unpaired) electrons. The SMILES string of the molecule is CC(NC(=O)[C@H]1C[C@@H](c2ccccc2)CCN1C(=O)OC(C)(C)C)C(=O)NCc1ccc(N2N=C(C(F)(F)F)OO2)cc1. The number of hydrazone groups is 1. The summed E-state index contributed by atoms with van der Waals surface area (Å²) in [6.45, 7) is 7.19. The molecule has 0 bridgehead atoms. The van der Waals surface area contributed by atoms with Crippen LogP contribution in [0.15, 0.2) is 59.7 Å². The maximum Gasteiger partial charge on any atom is 0.474 e. The largest absolute Gasteiger partial charge is 0.474 e. The average molecular weight is 606 g/mol. The van der Waals surface area contributed by atoms with Gasteiger partial charge in [-0.25, -0.2) is 4.79 Å². The van der Waals surface area contributed by atoms with Crippen molar-refractivity contribution in [3.63, 3.8) is 0 Å². The highest BCUT2D eigenvalue weighted by Gasteiger charge is 2.44. The number of hydrogen-bond donors (Lipinski definition) is 2. The second-order valence-electron chi connectivity index (χ2n) is 11.3. The number of halogens is 3. The normalized spacial score (nSPS) is 19.7. The summed E-state index contributed by atoms with van der Waals surface area (Å²) >= 11 is 0. The molecule has 11 nitrogen and oxygen atoms in total. The zero-order chi connectivity index (χ0) is 31.4. The lowest BCUT2D eigenvalue weighted by Gasteiger charge is -2.39. The second kappa shape index (κ2) is 12.9. The molecule has 1 fully saturated rings. The molecule has 2 aliphatic heterocycles. The first-order valence-corrected chi connectivity index (χ1v) is 13.7. The van der Waals surface area contributed by atoms with Gasteiger partial charge in [0.15, 0.2) is 0 Å². The zero-order valence-electron chi connectivity index (χ0n) is 24.2. The number of carbonyl (C=O) groups is 3. The Morgan fingerprint density at radius 1 is 1.07 bits per heavy atom. The van der Waals surface area contributed by atoms with E-state index in [4.69, 9.17) is 4.74 Å². The van der Waals surface area contributed by atoms with Crippen LogP contribution >= 0.6 is 0 Å². The average Bonchev–Trinajstić information content (AvgIpc) is 3.47. The number of amides is 3. The Kier molecular flexibility index (Phi) is 9.48. The number of nitrogens with zero attached hydrogens (tertiary/aromatic N) is 3. The minimum absolute atomic E-state index is 0.0472. The second-order valence-corrected chi connectivity index (χ2v) is 11.3. The Labute approximate surface area is 246 Å². The molecule has 14 heteroatoms. The number of hydrogen-bond acceptors (Lipinski definition) is 8. The first-order valence-electron chi connectivity index (χ1n) is 13.7. The van der Waals surface area contributed by atoms with Crippen LogP contribution in [0.4, 0.5) is 23.7 Å². The molecule has 232 valence electrons. The van der Waals surface area contributed by atoms with Crippen LogP contribution in [-0.4, -0.2) is 59.1 Å². The number of benzene rings is 2. The third-order valence-corrected chi connectivity index (χ3v) is 6.79. The first-order chi connectivity index (χ1) is 20.2. The first kappa shape index (κ1) is 31.6. The molecular formula is C29H34F3N5O6. The topological polar surface area (TPSA) is 122 Å². The minimum Gasteiger partial charge on any atom is -0.444 e. The van der Waals surface area contributed by atoms with Crippen LogP contribution in [-0.2, 0) is 30.7 Å². The molecule has 2 aromatic rings. The van der Waals surface area contributed by atoms with Crippen molar-refractivity contribution in [2.45, 2.75) is 76.9 Å². The summed E-state index contributed by atoms with van der Waals surface area (Å²) in [7, 11) is 0. The van der Waals surface area contributed by atoms with Gasteiger partial charge in [0.1, 0.15) is 17.7 Å². The maximum absolute atomic E-state index is 13.4. The van der Waals surface area contributed by atoms with Crippen LogP contribution in [0, 0.1) is 0 Å². The summed E-state index contributed by atoms with van der Waals surface area (Å²) in [5, 5.41) is 9.24. The smallest absolute Gasteiger partial charge is 0.444 e. The van der Waals surface area contributed by atoms with Crippen molar-refractivity contribution in [3.8, 4) is 0 Å². The standard InChI is InChI=1S/C29H34F3N5O6/c1-18(24(38)33-17-19-10-12-22(13-11-19)37-35-26(42-43-37)29(30,31)32)34-25(39)23-16-21(20-8-6-5-7-9-20)14-15-36(23)27(40)41-28(2,3)4/h5-13,18,21,23H,14-17H2,1-4H3,(H,33,38)(H,34,39)/t18?,21-,23+/m0/s1. The summed E-state index contributed by atoms with van der Waals surface area (Å²) in [5.41, 5.74) is 1.13. The number of ether oxygens (including phenoxy) is 1. The molecule has 3 amide bonds. The summed E-state index contributed by atoms with van der Waals surface area (Å²) in [5.74, 6) is -2.42. The number of carbonyl (C=O) groups excluding carboxylic acids is 3. The van der Waals surface area contributed by atoms with Gasteiger partial charge in [-0.05, 0) is 74.7 Å². The number of likely N-dealkylation sites (tertiary alicyclic amines) is 1. The van der Waals surface area contributed by atoms with Gasteiger partial charge in [-0.3, -0.25) is 19.4 Å². The molecule has 0 spiro atoms. The monoisotopic (exact) mass is 605 g/mol. The van der Waals surface area contributed by atoms with Crippen molar-refractivity contribution in [2.24, 2.45) is 5.10 Å². The van der Waals surface area contributed by atoms with Crippen LogP contribution in [0.3, 0.4) is 0 Å². The Morgan fingerprint density at radius 3 is 2.35 bits per heavy atom. The number of rotatable bonds is 7. The van der Waals surface area contributed by atoms with Gasteiger partial charge in [0.2, 0.25) is 11.8 Å². The van der Waals surface area contributed by atoms with Crippen molar-refractivity contribution in [1.29, 1.82) is 0 Å². The van der Waals surface area contributed by atoms with Gasteiger partial charge in [0, 0.05) is 13.1 Å². The molecule has 43 heavy (non-hydrogen) atoms. The van der Waals surface area contributed by atoms with E-state index >= 15 is 0 Å². The fourth-order valence-corrected chi connectivity index (χ4v) is 4.63. The third-order valence-electron chi connectivity index (χ3n) is 6.79. The predicted octanol–water partition coefficient (Wildman–Crippen LogP) is 4.55. The van der Waals surface area contributed by atoms with Crippen LogP contribution in [0.2, 0.25) is 0 Å². The fourth-order valence-electron chi connectivity index (χ4n) is 4.63. The molecule has 0 aromatic heterocycles. The van der Waals surface area contributed by atoms with E-state index in [1.54, 1.807) is 32.9 Å². The zero-order valence-corrected chi connectivity index (χ0v) is 24.2. The van der Waals surface area contributed by atoms with Gasteiger partial charge in [-0.15, -0.1) is 0 Å². The summed E-state index contributed by atoms with van der Waals surface area (Å²) < 4.78 is 43.6. The van der Waals surface area contributed by atoms with Crippen molar-refractivity contribution >= 4 is 29.5 Å². The van der Waals surface area contributed by atoms with Crippen LogP contribution in [0.25, 0.3) is 0 Å². The van der Waals surface area contributed by atoms with E-state index in [0.717, 1.165) is 5.56 Å². The molecule has 2 N–H and O–H groups in total. The Morgan fingerprint density at radius 2 is 1.74 bits per heavy atom. The fraction of sp³-hybridized carbons (Fsp3) is 0.448. The van der Waals surface area contributed by atoms with E-state index in [-0.39, 0.29) is 18.2 Å². The van der Waals surface area contributed by atoms with Gasteiger partial charge in [0.25, 0.3) is 0 Å². The van der Waals surface area contributed by atoms with Gasteiger partial charge in [-0.1, -0.05) is 52.7 Å². The van der Waals surface area contributed by atoms with Crippen molar-refractivity contribution in [1.82, 2.24) is 15.5 Å². The predicted molar refractivity (Wildman–Crippen MR) is 149 cm³/mol. The maximum atomic E-state index is 13.4. The number of alkyl halides is 3. The molecule has 2 aliphatic rings. The summed E-state index contributed by atoms with van der Waals surface area (Å²) in [4.78, 5) is 49.3. The lowest BCUT2D eigenvalue weighted by molar-refractivity contribution is -0.232. The van der Waals surface area contributed by atoms with E-state index in [2.05, 4.69) is 25.6 Å². The molecule has 0 saturated carbocycles. The molecule has 4 rings (SSSR count). The molecule has 1 saturated heterocycles. The van der Waals surface area contributed by atoms with E-state index in [0.29, 0.717) is 30.1 Å². The minimum atomic E-state index is -4.79. The third kappa shape index (κ3) is 8.37. The van der Waals surface area contributed by atoms with E-state index in [1.165, 1.54) is 24.0 Å². The Balaban J connectivity index is 1.35. The van der Waals surface area contributed by atoms with Crippen molar-refractivity contribution < 1.29 is 42.2 Å². The van der Waals surface area contributed by atoms with Crippen LogP contribution in [0.1, 0.15) is 57.6 Å².